The molecular formula is C16H21N3. The van der Waals surface area contributed by atoms with Crippen molar-refractivity contribution in [1.29, 1.82) is 0 Å². The van der Waals surface area contributed by atoms with Gasteiger partial charge in [-0.25, -0.2) is 9.97 Å². The Labute approximate surface area is 115 Å². The minimum atomic E-state index is 0.277. The van der Waals surface area contributed by atoms with Crippen molar-refractivity contribution >= 4 is 0 Å². The van der Waals surface area contributed by atoms with E-state index in [-0.39, 0.29) is 6.04 Å². The fourth-order valence-electron chi connectivity index (χ4n) is 2.19. The number of hydrogen-bond donors (Lipinski definition) is 1. The zero-order chi connectivity index (χ0) is 13.5. The third-order valence-electron chi connectivity index (χ3n) is 3.30. The van der Waals surface area contributed by atoms with Crippen molar-refractivity contribution in [2.75, 3.05) is 6.54 Å². The molecule has 1 aromatic carbocycles. The molecule has 0 saturated heterocycles. The van der Waals surface area contributed by atoms with Gasteiger partial charge < -0.3 is 5.32 Å². The van der Waals surface area contributed by atoms with Crippen LogP contribution < -0.4 is 5.32 Å². The Morgan fingerprint density at radius 1 is 1.00 bits per heavy atom. The molecule has 0 aliphatic rings. The Bertz CT molecular complexity index is 479. The lowest BCUT2D eigenvalue weighted by atomic mass is 9.99. The van der Waals surface area contributed by atoms with Crippen molar-refractivity contribution in [2.45, 2.75) is 32.7 Å². The molecule has 3 heteroatoms. The maximum Gasteiger partial charge on any atom is 0.115 e. The van der Waals surface area contributed by atoms with E-state index in [1.807, 2.05) is 12.4 Å². The molecule has 1 heterocycles. The van der Waals surface area contributed by atoms with E-state index in [0.29, 0.717) is 0 Å². The molecule has 1 atom stereocenters. The first-order valence-electron chi connectivity index (χ1n) is 6.89. The summed E-state index contributed by atoms with van der Waals surface area (Å²) >= 11 is 0. The zero-order valence-corrected chi connectivity index (χ0v) is 11.6. The van der Waals surface area contributed by atoms with Crippen LogP contribution in [0.1, 0.15) is 36.6 Å². The topological polar surface area (TPSA) is 37.8 Å². The molecule has 0 aliphatic heterocycles. The number of aromatic nitrogens is 2. The van der Waals surface area contributed by atoms with Gasteiger partial charge >= 0.3 is 0 Å². The van der Waals surface area contributed by atoms with Crippen LogP contribution in [0.25, 0.3) is 0 Å². The summed E-state index contributed by atoms with van der Waals surface area (Å²) in [4.78, 5) is 8.21. The Hall–Kier alpha value is -1.74. The normalized spacial score (nSPS) is 12.3. The van der Waals surface area contributed by atoms with Crippen LogP contribution in [-0.4, -0.2) is 16.5 Å². The lowest BCUT2D eigenvalue weighted by Crippen LogP contribution is -2.23. The van der Waals surface area contributed by atoms with Crippen LogP contribution in [0.4, 0.5) is 0 Å². The maximum atomic E-state index is 4.11. The maximum absolute atomic E-state index is 4.11. The summed E-state index contributed by atoms with van der Waals surface area (Å²) in [5.41, 5.74) is 3.86. The Morgan fingerprint density at radius 2 is 1.63 bits per heavy atom. The van der Waals surface area contributed by atoms with E-state index >= 15 is 0 Å². The molecule has 3 nitrogen and oxygen atoms in total. The molecule has 2 rings (SSSR count). The van der Waals surface area contributed by atoms with Crippen LogP contribution in [0.2, 0.25) is 0 Å². The fraction of sp³-hybridized carbons (Fsp3) is 0.375. The van der Waals surface area contributed by atoms with E-state index in [1.165, 1.54) is 11.1 Å². The molecule has 0 saturated carbocycles. The second-order valence-electron chi connectivity index (χ2n) is 4.66. The smallest absolute Gasteiger partial charge is 0.115 e. The Balaban J connectivity index is 2.11. The molecule has 100 valence electrons. The van der Waals surface area contributed by atoms with Crippen molar-refractivity contribution in [2.24, 2.45) is 0 Å². The van der Waals surface area contributed by atoms with Gasteiger partial charge in [0, 0.05) is 24.0 Å². The van der Waals surface area contributed by atoms with Gasteiger partial charge in [-0.05, 0) is 30.5 Å². The van der Waals surface area contributed by atoms with Crippen LogP contribution in [0.3, 0.4) is 0 Å². The average molecular weight is 255 g/mol. The summed E-state index contributed by atoms with van der Waals surface area (Å²) in [6.07, 6.45) is 7.40. The molecule has 0 bridgehead atoms. The number of rotatable bonds is 6. The number of nitrogens with one attached hydrogen (secondary N) is 1. The van der Waals surface area contributed by atoms with E-state index in [2.05, 4.69) is 53.4 Å². The van der Waals surface area contributed by atoms with Crippen molar-refractivity contribution in [1.82, 2.24) is 15.3 Å². The second kappa shape index (κ2) is 7.00. The largest absolute Gasteiger partial charge is 0.310 e. The van der Waals surface area contributed by atoms with Crippen molar-refractivity contribution in [3.05, 3.63) is 59.7 Å². The molecular weight excluding hydrogens is 234 g/mol. The highest BCUT2D eigenvalue weighted by molar-refractivity contribution is 5.25. The van der Waals surface area contributed by atoms with E-state index in [9.17, 15) is 0 Å². The van der Waals surface area contributed by atoms with Gasteiger partial charge in [-0.2, -0.15) is 0 Å². The highest BCUT2D eigenvalue weighted by Gasteiger charge is 2.11. The first-order chi connectivity index (χ1) is 9.33. The second-order valence-corrected chi connectivity index (χ2v) is 4.66. The van der Waals surface area contributed by atoms with Gasteiger partial charge in [-0.15, -0.1) is 0 Å². The Morgan fingerprint density at radius 3 is 2.21 bits per heavy atom. The summed E-state index contributed by atoms with van der Waals surface area (Å²) in [6.45, 7) is 5.24. The number of likely N-dealkylation sites (N-methyl/N-ethyl adjacent to an activating group) is 1. The van der Waals surface area contributed by atoms with E-state index < -0.39 is 0 Å². The number of aryl methyl sites for hydroxylation is 1. The molecule has 1 aromatic heterocycles. The highest BCUT2D eigenvalue weighted by Crippen LogP contribution is 2.17. The molecule has 1 unspecified atom stereocenters. The van der Waals surface area contributed by atoms with Crippen LogP contribution in [0, 0.1) is 0 Å². The summed E-state index contributed by atoms with van der Waals surface area (Å²) in [6, 6.07) is 9.12. The highest BCUT2D eigenvalue weighted by atomic mass is 14.9. The van der Waals surface area contributed by atoms with Gasteiger partial charge in [-0.1, -0.05) is 38.1 Å². The van der Waals surface area contributed by atoms with Gasteiger partial charge in [0.25, 0.3) is 0 Å². The molecule has 0 spiro atoms. The number of nitrogens with zero attached hydrogens (tertiary/aromatic N) is 2. The molecule has 1 N–H and O–H groups in total. The van der Waals surface area contributed by atoms with Gasteiger partial charge in [0.2, 0.25) is 0 Å². The van der Waals surface area contributed by atoms with Gasteiger partial charge in [0.05, 0.1) is 0 Å². The van der Waals surface area contributed by atoms with Gasteiger partial charge in [0.1, 0.15) is 6.33 Å². The molecule has 19 heavy (non-hydrogen) atoms. The lowest BCUT2D eigenvalue weighted by molar-refractivity contribution is 0.546. The molecule has 0 radical (unpaired) electrons. The fourth-order valence-corrected chi connectivity index (χ4v) is 2.19. The quantitative estimate of drug-likeness (QED) is 0.862. The third kappa shape index (κ3) is 3.86. The Kier molecular flexibility index (Phi) is 5.04. The van der Waals surface area contributed by atoms with Crippen LogP contribution in [-0.2, 0) is 12.8 Å². The molecule has 0 aliphatic carbocycles. The minimum Gasteiger partial charge on any atom is -0.310 e. The summed E-state index contributed by atoms with van der Waals surface area (Å²) in [5.74, 6) is 0. The van der Waals surface area contributed by atoms with Crippen LogP contribution in [0.5, 0.6) is 0 Å². The first-order valence-corrected chi connectivity index (χ1v) is 6.89. The monoisotopic (exact) mass is 255 g/mol. The zero-order valence-electron chi connectivity index (χ0n) is 11.6. The predicted octanol–water partition coefficient (Wildman–Crippen LogP) is 2.93. The van der Waals surface area contributed by atoms with Crippen molar-refractivity contribution < 1.29 is 0 Å². The molecule has 0 fully saturated rings. The van der Waals surface area contributed by atoms with Crippen LogP contribution >= 0.6 is 0 Å². The van der Waals surface area contributed by atoms with E-state index in [4.69, 9.17) is 0 Å². The predicted molar refractivity (Wildman–Crippen MR) is 78.0 cm³/mol. The third-order valence-corrected chi connectivity index (χ3v) is 3.30. The van der Waals surface area contributed by atoms with Crippen LogP contribution in [0.15, 0.2) is 43.0 Å². The standard InChI is InChI=1S/C16H21N3/c1-3-13-5-7-14(8-6-13)9-16(19-4-2)15-10-17-12-18-11-15/h5-8,10-12,16,19H,3-4,9H2,1-2H3. The lowest BCUT2D eigenvalue weighted by Gasteiger charge is -2.17. The molecule has 0 amide bonds. The van der Waals surface area contributed by atoms with E-state index in [1.54, 1.807) is 6.33 Å². The van der Waals surface area contributed by atoms with E-state index in [0.717, 1.165) is 24.9 Å². The van der Waals surface area contributed by atoms with Crippen molar-refractivity contribution in [3.63, 3.8) is 0 Å². The minimum absolute atomic E-state index is 0.277. The average Bonchev–Trinajstić information content (AvgIpc) is 2.48. The molecule has 2 aromatic rings. The first kappa shape index (κ1) is 13.7. The summed E-state index contributed by atoms with van der Waals surface area (Å²) in [7, 11) is 0. The summed E-state index contributed by atoms with van der Waals surface area (Å²) < 4.78 is 0. The van der Waals surface area contributed by atoms with Gasteiger partial charge in [-0.3, -0.25) is 0 Å². The SMILES string of the molecule is CCNC(Cc1ccc(CC)cc1)c1cncnc1. The number of hydrogen-bond acceptors (Lipinski definition) is 3. The van der Waals surface area contributed by atoms with Gasteiger partial charge in [0.15, 0.2) is 0 Å². The number of benzene rings is 1. The van der Waals surface area contributed by atoms with Crippen molar-refractivity contribution in [3.8, 4) is 0 Å². The summed E-state index contributed by atoms with van der Waals surface area (Å²) in [5, 5.41) is 3.50.